The predicted octanol–water partition coefficient (Wildman–Crippen LogP) is 4.07. The lowest BCUT2D eigenvalue weighted by atomic mass is 10.2. The minimum Gasteiger partial charge on any atom is -0.497 e. The molecule has 0 aliphatic carbocycles. The van der Waals surface area contributed by atoms with Gasteiger partial charge in [0.05, 0.1) is 12.1 Å². The maximum atomic E-state index is 13.6. The van der Waals surface area contributed by atoms with Gasteiger partial charge < -0.3 is 9.47 Å². The van der Waals surface area contributed by atoms with Crippen molar-refractivity contribution in [3.63, 3.8) is 0 Å². The Bertz CT molecular complexity index is 543. The van der Waals surface area contributed by atoms with Crippen LogP contribution in [-0.2, 0) is 6.61 Å². The van der Waals surface area contributed by atoms with Gasteiger partial charge >= 0.3 is 0 Å². The molecule has 0 atom stereocenters. The van der Waals surface area contributed by atoms with Crippen molar-refractivity contribution in [2.75, 3.05) is 7.11 Å². The Hall–Kier alpha value is -1.74. The third kappa shape index (κ3) is 2.93. The van der Waals surface area contributed by atoms with Crippen LogP contribution < -0.4 is 9.47 Å². The molecule has 0 N–H and O–H groups in total. The molecule has 0 aliphatic rings. The standard InChI is InChI=1S/C14H12ClFO2/c1-17-11-7-6-10(13(16)8-11)9-18-14-5-3-2-4-12(14)15/h2-8H,9H2,1H3. The minimum absolute atomic E-state index is 0.125. The van der Waals surface area contributed by atoms with Crippen LogP contribution in [0.3, 0.4) is 0 Å². The Morgan fingerprint density at radius 3 is 2.61 bits per heavy atom. The molecule has 2 rings (SSSR count). The Morgan fingerprint density at radius 1 is 1.17 bits per heavy atom. The van der Waals surface area contributed by atoms with E-state index in [1.54, 1.807) is 24.3 Å². The molecule has 0 aliphatic heterocycles. The maximum absolute atomic E-state index is 13.6. The molecule has 2 nitrogen and oxygen atoms in total. The van der Waals surface area contributed by atoms with Crippen LogP contribution in [0, 0.1) is 5.82 Å². The minimum atomic E-state index is -0.360. The lowest BCUT2D eigenvalue weighted by Gasteiger charge is -2.09. The van der Waals surface area contributed by atoms with Crippen LogP contribution in [0.4, 0.5) is 4.39 Å². The molecule has 0 heterocycles. The summed E-state index contributed by atoms with van der Waals surface area (Å²) in [5.41, 5.74) is 0.454. The second kappa shape index (κ2) is 5.74. The largest absolute Gasteiger partial charge is 0.497 e. The molecule has 0 unspecified atom stereocenters. The van der Waals surface area contributed by atoms with Crippen LogP contribution in [0.2, 0.25) is 5.02 Å². The van der Waals surface area contributed by atoms with E-state index in [2.05, 4.69) is 0 Å². The summed E-state index contributed by atoms with van der Waals surface area (Å²) in [7, 11) is 1.49. The molecule has 94 valence electrons. The molecule has 0 radical (unpaired) electrons. The van der Waals surface area contributed by atoms with Crippen molar-refractivity contribution in [1.82, 2.24) is 0 Å². The van der Waals surface area contributed by atoms with Crippen molar-refractivity contribution in [3.8, 4) is 11.5 Å². The van der Waals surface area contributed by atoms with Crippen molar-refractivity contribution in [1.29, 1.82) is 0 Å². The molecule has 0 fully saturated rings. The average molecular weight is 267 g/mol. The summed E-state index contributed by atoms with van der Waals surface area (Å²) in [6.07, 6.45) is 0. The zero-order valence-corrected chi connectivity index (χ0v) is 10.6. The number of para-hydroxylation sites is 1. The zero-order valence-electron chi connectivity index (χ0n) is 9.82. The van der Waals surface area contributed by atoms with E-state index in [0.717, 1.165) is 0 Å². The monoisotopic (exact) mass is 266 g/mol. The van der Waals surface area contributed by atoms with E-state index in [4.69, 9.17) is 21.1 Å². The van der Waals surface area contributed by atoms with Gasteiger partial charge in [0.25, 0.3) is 0 Å². The lowest BCUT2D eigenvalue weighted by molar-refractivity contribution is 0.299. The van der Waals surface area contributed by atoms with Gasteiger partial charge in [0.1, 0.15) is 23.9 Å². The highest BCUT2D eigenvalue weighted by atomic mass is 35.5. The molecule has 2 aromatic carbocycles. The van der Waals surface area contributed by atoms with Gasteiger partial charge in [-0.15, -0.1) is 0 Å². The van der Waals surface area contributed by atoms with E-state index >= 15 is 0 Å². The first-order valence-corrected chi connectivity index (χ1v) is 5.78. The van der Waals surface area contributed by atoms with Crippen molar-refractivity contribution >= 4 is 11.6 Å². The molecular weight excluding hydrogens is 255 g/mol. The molecule has 0 saturated heterocycles. The van der Waals surface area contributed by atoms with Gasteiger partial charge in [-0.1, -0.05) is 23.7 Å². The first kappa shape index (κ1) is 12.7. The normalized spacial score (nSPS) is 10.2. The van der Waals surface area contributed by atoms with E-state index in [0.29, 0.717) is 22.1 Å². The van der Waals surface area contributed by atoms with Crippen molar-refractivity contribution in [2.45, 2.75) is 6.61 Å². The number of halogens is 2. The number of rotatable bonds is 4. The van der Waals surface area contributed by atoms with Crippen LogP contribution in [0.15, 0.2) is 42.5 Å². The molecule has 4 heteroatoms. The number of hydrogen-bond acceptors (Lipinski definition) is 2. The third-order valence-corrected chi connectivity index (χ3v) is 2.79. The second-order valence-corrected chi connectivity index (χ2v) is 4.08. The molecule has 0 aromatic heterocycles. The van der Waals surface area contributed by atoms with Crippen LogP contribution in [0.1, 0.15) is 5.56 Å². The summed E-state index contributed by atoms with van der Waals surface area (Å²) in [6, 6.07) is 11.7. The first-order chi connectivity index (χ1) is 8.70. The number of ether oxygens (including phenoxy) is 2. The van der Waals surface area contributed by atoms with Crippen molar-refractivity contribution in [3.05, 3.63) is 58.9 Å². The fourth-order valence-corrected chi connectivity index (χ4v) is 1.68. The molecular formula is C14H12ClFO2. The summed E-state index contributed by atoms with van der Waals surface area (Å²) in [5, 5.41) is 0.506. The van der Waals surface area contributed by atoms with Gasteiger partial charge in [-0.3, -0.25) is 0 Å². The molecule has 0 bridgehead atoms. The Kier molecular flexibility index (Phi) is 4.05. The Labute approximate surface area is 110 Å². The van der Waals surface area contributed by atoms with Gasteiger partial charge in [0.15, 0.2) is 0 Å². The van der Waals surface area contributed by atoms with E-state index in [9.17, 15) is 4.39 Å². The lowest BCUT2D eigenvalue weighted by Crippen LogP contribution is -1.99. The van der Waals surface area contributed by atoms with E-state index < -0.39 is 0 Å². The van der Waals surface area contributed by atoms with Gasteiger partial charge in [-0.25, -0.2) is 4.39 Å². The topological polar surface area (TPSA) is 18.5 Å². The smallest absolute Gasteiger partial charge is 0.138 e. The van der Waals surface area contributed by atoms with E-state index in [1.165, 1.54) is 13.2 Å². The number of hydrogen-bond donors (Lipinski definition) is 0. The van der Waals surface area contributed by atoms with Gasteiger partial charge in [-0.05, 0) is 24.3 Å². The fraction of sp³-hybridized carbons (Fsp3) is 0.143. The third-order valence-electron chi connectivity index (χ3n) is 2.48. The molecule has 0 saturated carbocycles. The Balaban J connectivity index is 2.09. The van der Waals surface area contributed by atoms with Crippen molar-refractivity contribution < 1.29 is 13.9 Å². The zero-order chi connectivity index (χ0) is 13.0. The molecule has 18 heavy (non-hydrogen) atoms. The van der Waals surface area contributed by atoms with Crippen LogP contribution in [0.25, 0.3) is 0 Å². The molecule has 2 aromatic rings. The number of benzene rings is 2. The second-order valence-electron chi connectivity index (χ2n) is 3.68. The van der Waals surface area contributed by atoms with Crippen LogP contribution >= 0.6 is 11.6 Å². The summed E-state index contributed by atoms with van der Waals surface area (Å²) < 4.78 is 24.0. The first-order valence-electron chi connectivity index (χ1n) is 5.40. The van der Waals surface area contributed by atoms with Gasteiger partial charge in [0.2, 0.25) is 0 Å². The van der Waals surface area contributed by atoms with Gasteiger partial charge in [-0.2, -0.15) is 0 Å². The van der Waals surface area contributed by atoms with E-state index in [1.807, 2.05) is 12.1 Å². The Morgan fingerprint density at radius 2 is 1.94 bits per heavy atom. The van der Waals surface area contributed by atoms with Crippen LogP contribution in [0.5, 0.6) is 11.5 Å². The average Bonchev–Trinajstić information content (AvgIpc) is 2.39. The summed E-state index contributed by atoms with van der Waals surface area (Å²) in [5.74, 6) is 0.657. The van der Waals surface area contributed by atoms with E-state index in [-0.39, 0.29) is 12.4 Å². The quantitative estimate of drug-likeness (QED) is 0.831. The SMILES string of the molecule is COc1ccc(COc2ccccc2Cl)c(F)c1. The van der Waals surface area contributed by atoms with Gasteiger partial charge in [0, 0.05) is 11.6 Å². The molecule has 0 spiro atoms. The van der Waals surface area contributed by atoms with Crippen LogP contribution in [-0.4, -0.2) is 7.11 Å². The summed E-state index contributed by atoms with van der Waals surface area (Å²) in [6.45, 7) is 0.125. The van der Waals surface area contributed by atoms with Crippen molar-refractivity contribution in [2.24, 2.45) is 0 Å². The highest BCUT2D eigenvalue weighted by molar-refractivity contribution is 6.32. The fourth-order valence-electron chi connectivity index (χ4n) is 1.49. The highest BCUT2D eigenvalue weighted by Gasteiger charge is 2.06. The summed E-state index contributed by atoms with van der Waals surface area (Å²) in [4.78, 5) is 0. The predicted molar refractivity (Wildman–Crippen MR) is 68.7 cm³/mol. The molecule has 0 amide bonds. The maximum Gasteiger partial charge on any atom is 0.138 e. The highest BCUT2D eigenvalue weighted by Crippen LogP contribution is 2.25. The summed E-state index contributed by atoms with van der Waals surface area (Å²) >= 11 is 5.94. The number of methoxy groups -OCH3 is 1.